The lowest BCUT2D eigenvalue weighted by molar-refractivity contribution is -0.143. The Kier molecular flexibility index (Phi) is 10.1. The maximum atomic E-state index is 13.2. The number of aliphatic hydroxyl groups excluding tert-OH is 1. The van der Waals surface area contributed by atoms with Crippen LogP contribution in [0.5, 0.6) is 0 Å². The summed E-state index contributed by atoms with van der Waals surface area (Å²) in [5.41, 5.74) is -3.22. The second-order valence-electron chi connectivity index (χ2n) is 15.4. The van der Waals surface area contributed by atoms with Gasteiger partial charge in [0.1, 0.15) is 0 Å². The summed E-state index contributed by atoms with van der Waals surface area (Å²) in [6, 6.07) is -0.191. The number of aliphatic hydroxyl groups is 1. The predicted molar refractivity (Wildman–Crippen MR) is 164 cm³/mol. The summed E-state index contributed by atoms with van der Waals surface area (Å²) in [4.78, 5) is 23.6. The quantitative estimate of drug-likeness (QED) is 0.250. The Balaban J connectivity index is 1.13. The average Bonchev–Trinajstić information content (AvgIpc) is 3.35. The number of hydrogen-bond acceptors (Lipinski definition) is 5. The molecule has 0 radical (unpaired) electrons. The summed E-state index contributed by atoms with van der Waals surface area (Å²) >= 11 is 0. The van der Waals surface area contributed by atoms with Crippen LogP contribution in [-0.4, -0.2) is 38.0 Å². The first-order valence-electron chi connectivity index (χ1n) is 16.9. The smallest absolute Gasteiger partial charge is 0.393 e. The van der Waals surface area contributed by atoms with E-state index in [-0.39, 0.29) is 47.5 Å². The lowest BCUT2D eigenvalue weighted by Gasteiger charge is -2.61. The van der Waals surface area contributed by atoms with E-state index in [4.69, 9.17) is 0 Å². The number of rotatable bonds is 8. The van der Waals surface area contributed by atoms with Crippen molar-refractivity contribution in [1.29, 1.82) is 0 Å². The topological polar surface area (TPSA) is 113 Å². The van der Waals surface area contributed by atoms with Crippen LogP contribution in [0.2, 0.25) is 0 Å². The van der Waals surface area contributed by atoms with E-state index in [0.29, 0.717) is 36.0 Å². The average molecular weight is 709 g/mol. The molecule has 5 unspecified atom stereocenters. The number of amides is 2. The lowest BCUT2D eigenvalue weighted by Crippen LogP contribution is -2.54. The molecule has 3 N–H and O–H groups in total. The number of benzene rings is 1. The van der Waals surface area contributed by atoms with Crippen molar-refractivity contribution in [3.8, 4) is 0 Å². The monoisotopic (exact) mass is 708 g/mol. The van der Waals surface area contributed by atoms with E-state index in [1.165, 1.54) is 24.0 Å². The SMILES string of the molecule is C[C@H](CCC(=O)NCC(=O)NS(=O)(=O)c1cc(C(F)(F)F)cc(C(F)(F)F)c1)C1CCC2C3CCC4C[C@H](O)CC[C@]4(C)C3CC[C@@]21C. The molecule has 4 aliphatic carbocycles. The van der Waals surface area contributed by atoms with Crippen molar-refractivity contribution < 1.29 is 49.5 Å². The van der Waals surface area contributed by atoms with Gasteiger partial charge < -0.3 is 10.4 Å². The van der Waals surface area contributed by atoms with Crippen molar-refractivity contribution in [2.24, 2.45) is 46.3 Å². The number of carbonyl (C=O) groups is 2. The van der Waals surface area contributed by atoms with Gasteiger partial charge in [-0.05, 0) is 129 Å². The zero-order chi connectivity index (χ0) is 35.4. The normalized spacial score (nSPS) is 34.4. The summed E-state index contributed by atoms with van der Waals surface area (Å²) in [5, 5.41) is 12.6. The van der Waals surface area contributed by atoms with Crippen molar-refractivity contribution in [1.82, 2.24) is 10.0 Å². The highest BCUT2D eigenvalue weighted by Crippen LogP contribution is 2.68. The molecule has 4 fully saturated rings. The Labute approximate surface area is 278 Å². The molecule has 4 saturated carbocycles. The molecule has 1 aromatic carbocycles. The standard InChI is InChI=1S/C34H46F6N2O5S/c1-19(26-7-8-27-25-6-5-20-15-23(43)10-12-31(20,2)28(25)11-13-32(26,27)3)4-9-29(44)41-18-30(45)42-48(46,47)24-16-21(33(35,36)37)14-22(17-24)34(38,39)40/h14,16-17,19-20,23,25-28,43H,4-13,15,18H2,1-3H3,(H,41,44)(H,42,45)/t19-,20?,23-,25?,26?,27?,28?,31+,32-/m1/s1. The van der Waals surface area contributed by atoms with Gasteiger partial charge in [-0.25, -0.2) is 13.1 Å². The van der Waals surface area contributed by atoms with Crippen LogP contribution in [0, 0.1) is 46.3 Å². The van der Waals surface area contributed by atoms with Gasteiger partial charge in [-0.2, -0.15) is 26.3 Å². The molecule has 0 spiro atoms. The summed E-state index contributed by atoms with van der Waals surface area (Å²) < 4.78 is 106. The van der Waals surface area contributed by atoms with Gasteiger partial charge in [0.05, 0.1) is 28.7 Å². The fourth-order valence-corrected chi connectivity index (χ4v) is 11.4. The van der Waals surface area contributed by atoms with Gasteiger partial charge >= 0.3 is 12.4 Å². The van der Waals surface area contributed by atoms with Gasteiger partial charge in [0.2, 0.25) is 5.91 Å². The van der Waals surface area contributed by atoms with Gasteiger partial charge in [-0.15, -0.1) is 0 Å². The van der Waals surface area contributed by atoms with E-state index in [9.17, 15) is 49.5 Å². The van der Waals surface area contributed by atoms with Crippen LogP contribution in [0.4, 0.5) is 26.3 Å². The van der Waals surface area contributed by atoms with E-state index in [0.717, 1.165) is 38.5 Å². The Bertz CT molecular complexity index is 1470. The maximum absolute atomic E-state index is 13.2. The fourth-order valence-electron chi connectivity index (χ4n) is 10.4. The van der Waals surface area contributed by atoms with E-state index >= 15 is 0 Å². The number of sulfonamides is 1. The Morgan fingerprint density at radius 3 is 2.10 bits per heavy atom. The number of alkyl halides is 6. The molecular formula is C34H46F6N2O5S. The molecule has 0 heterocycles. The highest BCUT2D eigenvalue weighted by molar-refractivity contribution is 7.90. The predicted octanol–water partition coefficient (Wildman–Crippen LogP) is 7.08. The molecular weight excluding hydrogens is 662 g/mol. The van der Waals surface area contributed by atoms with Crippen molar-refractivity contribution >= 4 is 21.8 Å². The van der Waals surface area contributed by atoms with Gasteiger partial charge in [0, 0.05) is 6.42 Å². The highest BCUT2D eigenvalue weighted by Gasteiger charge is 2.60. The molecule has 7 nitrogen and oxygen atoms in total. The molecule has 270 valence electrons. The highest BCUT2D eigenvalue weighted by atomic mass is 32.2. The minimum atomic E-state index is -5.27. The molecule has 4 aliphatic rings. The Morgan fingerprint density at radius 1 is 0.875 bits per heavy atom. The van der Waals surface area contributed by atoms with Crippen LogP contribution >= 0.6 is 0 Å². The van der Waals surface area contributed by atoms with E-state index in [2.05, 4.69) is 26.1 Å². The molecule has 14 heteroatoms. The first-order chi connectivity index (χ1) is 22.1. The van der Waals surface area contributed by atoms with Crippen LogP contribution in [0.1, 0.15) is 103 Å². The van der Waals surface area contributed by atoms with Gasteiger partial charge in [0.25, 0.3) is 15.9 Å². The van der Waals surface area contributed by atoms with Gasteiger partial charge in [-0.3, -0.25) is 9.59 Å². The number of hydrogen-bond donors (Lipinski definition) is 3. The lowest BCUT2D eigenvalue weighted by atomic mass is 9.44. The number of fused-ring (bicyclic) bond motifs is 5. The van der Waals surface area contributed by atoms with Crippen molar-refractivity contribution in [3.05, 3.63) is 29.3 Å². The number of halogens is 6. The molecule has 0 bridgehead atoms. The number of carbonyl (C=O) groups excluding carboxylic acids is 2. The molecule has 5 rings (SSSR count). The Morgan fingerprint density at radius 2 is 1.48 bits per heavy atom. The van der Waals surface area contributed by atoms with Crippen molar-refractivity contribution in [2.45, 2.75) is 115 Å². The second kappa shape index (κ2) is 13.1. The van der Waals surface area contributed by atoms with E-state index in [1.807, 2.05) is 0 Å². The van der Waals surface area contributed by atoms with Crippen LogP contribution in [0.25, 0.3) is 0 Å². The largest absolute Gasteiger partial charge is 0.416 e. The third-order valence-corrected chi connectivity index (χ3v) is 14.1. The molecule has 48 heavy (non-hydrogen) atoms. The molecule has 0 saturated heterocycles. The van der Waals surface area contributed by atoms with E-state index in [1.54, 1.807) is 0 Å². The van der Waals surface area contributed by atoms with Crippen LogP contribution < -0.4 is 10.0 Å². The first-order valence-corrected chi connectivity index (χ1v) is 18.4. The summed E-state index contributed by atoms with van der Waals surface area (Å²) in [5.74, 6) is 1.39. The fraction of sp³-hybridized carbons (Fsp3) is 0.765. The minimum Gasteiger partial charge on any atom is -0.393 e. The number of nitrogens with one attached hydrogen (secondary N) is 2. The first kappa shape index (κ1) is 36.9. The van der Waals surface area contributed by atoms with Crippen molar-refractivity contribution in [2.75, 3.05) is 6.54 Å². The second-order valence-corrected chi connectivity index (χ2v) is 17.1. The van der Waals surface area contributed by atoms with E-state index < -0.39 is 56.8 Å². The molecule has 9 atom stereocenters. The van der Waals surface area contributed by atoms with Crippen molar-refractivity contribution in [3.63, 3.8) is 0 Å². The van der Waals surface area contributed by atoms with Gasteiger partial charge in [0.15, 0.2) is 0 Å². The molecule has 0 aliphatic heterocycles. The molecule has 0 aromatic heterocycles. The van der Waals surface area contributed by atoms with Crippen LogP contribution in [0.3, 0.4) is 0 Å². The van der Waals surface area contributed by atoms with Crippen LogP contribution in [-0.2, 0) is 32.0 Å². The zero-order valence-corrected chi connectivity index (χ0v) is 28.3. The Hall–Kier alpha value is -2.35. The summed E-state index contributed by atoms with van der Waals surface area (Å²) in [6.45, 7) is 6.19. The summed E-state index contributed by atoms with van der Waals surface area (Å²) in [6.07, 6.45) is -0.261. The maximum Gasteiger partial charge on any atom is 0.416 e. The molecule has 2 amide bonds. The molecule has 1 aromatic rings. The van der Waals surface area contributed by atoms with Crippen LogP contribution in [0.15, 0.2) is 23.1 Å². The third-order valence-electron chi connectivity index (χ3n) is 12.8. The summed E-state index contributed by atoms with van der Waals surface area (Å²) in [7, 11) is -5.11. The van der Waals surface area contributed by atoms with Gasteiger partial charge in [-0.1, -0.05) is 20.8 Å². The minimum absolute atomic E-state index is 0.0118. The third kappa shape index (κ3) is 7.25. The zero-order valence-electron chi connectivity index (χ0n) is 27.5.